The largest absolute Gasteiger partial charge is 0.496 e. The van der Waals surface area contributed by atoms with Crippen LogP contribution in [0.4, 0.5) is 0 Å². The van der Waals surface area contributed by atoms with Crippen molar-refractivity contribution in [1.29, 1.82) is 0 Å². The van der Waals surface area contributed by atoms with Crippen LogP contribution in [0, 0.1) is 13.8 Å². The molecule has 0 aromatic heterocycles. The van der Waals surface area contributed by atoms with Gasteiger partial charge in [0.2, 0.25) is 0 Å². The normalized spacial score (nSPS) is 17.0. The highest BCUT2D eigenvalue weighted by atomic mass is 79.9. The first kappa shape index (κ1) is 13.6. The van der Waals surface area contributed by atoms with Gasteiger partial charge in [-0.05, 0) is 49.5 Å². The van der Waals surface area contributed by atoms with E-state index in [1.54, 1.807) is 0 Å². The van der Waals surface area contributed by atoms with Crippen molar-refractivity contribution in [1.82, 2.24) is 5.43 Å². The second-order valence-electron chi connectivity index (χ2n) is 4.67. The van der Waals surface area contributed by atoms with Crippen molar-refractivity contribution in [3.05, 3.63) is 45.1 Å². The minimum absolute atomic E-state index is 0.0594. The molecule has 0 bridgehead atoms. The summed E-state index contributed by atoms with van der Waals surface area (Å²) >= 11 is 3.58. The molecule has 0 aliphatic carbocycles. The van der Waals surface area contributed by atoms with Gasteiger partial charge in [0.15, 0.2) is 0 Å². The number of nitrogens with one attached hydrogen (secondary N) is 1. The van der Waals surface area contributed by atoms with E-state index in [9.17, 15) is 0 Å². The highest BCUT2D eigenvalue weighted by molar-refractivity contribution is 9.10. The Morgan fingerprint density at radius 3 is 2.50 bits per heavy atom. The summed E-state index contributed by atoms with van der Waals surface area (Å²) in [6, 6.07) is 4.22. The molecule has 1 unspecified atom stereocenters. The van der Waals surface area contributed by atoms with Gasteiger partial charge in [-0.25, -0.2) is 5.43 Å². The van der Waals surface area contributed by atoms with Crippen LogP contribution in [0.25, 0.3) is 0 Å². The standard InChI is InChI=1S/C14H19BrN2O/c1-9-7-11(8-10(2)13(9)15)14(17-16)12-5-3-4-6-18-12/h5,7-8,14,17H,3-4,6,16H2,1-2H3. The summed E-state index contributed by atoms with van der Waals surface area (Å²) < 4.78 is 6.86. The van der Waals surface area contributed by atoms with Gasteiger partial charge in [-0.2, -0.15) is 0 Å². The predicted octanol–water partition coefficient (Wildman–Crippen LogP) is 3.26. The fourth-order valence-electron chi connectivity index (χ4n) is 2.27. The Labute approximate surface area is 116 Å². The maximum Gasteiger partial charge on any atom is 0.115 e. The Morgan fingerprint density at radius 1 is 1.33 bits per heavy atom. The first-order valence-corrected chi connectivity index (χ1v) is 6.98. The fraction of sp³-hybridized carbons (Fsp3) is 0.429. The highest BCUT2D eigenvalue weighted by Gasteiger charge is 2.19. The van der Waals surface area contributed by atoms with Gasteiger partial charge in [0.25, 0.3) is 0 Å². The lowest BCUT2D eigenvalue weighted by atomic mass is 9.99. The third-order valence-electron chi connectivity index (χ3n) is 3.21. The molecular weight excluding hydrogens is 292 g/mol. The molecule has 98 valence electrons. The summed E-state index contributed by atoms with van der Waals surface area (Å²) in [6.07, 6.45) is 4.27. The van der Waals surface area contributed by atoms with Crippen molar-refractivity contribution in [3.8, 4) is 0 Å². The number of halogens is 1. The summed E-state index contributed by atoms with van der Waals surface area (Å²) in [6.45, 7) is 4.95. The van der Waals surface area contributed by atoms with Gasteiger partial charge in [-0.1, -0.05) is 28.1 Å². The monoisotopic (exact) mass is 310 g/mol. The maximum absolute atomic E-state index is 5.70. The number of hydrogen-bond acceptors (Lipinski definition) is 3. The van der Waals surface area contributed by atoms with Gasteiger partial charge in [0.05, 0.1) is 6.61 Å². The molecule has 3 nitrogen and oxygen atoms in total. The van der Waals surface area contributed by atoms with Crippen LogP contribution in [0.1, 0.15) is 35.6 Å². The number of allylic oxidation sites excluding steroid dienone is 1. The Balaban J connectivity index is 2.35. The average Bonchev–Trinajstić information content (AvgIpc) is 2.38. The summed E-state index contributed by atoms with van der Waals surface area (Å²) in [5, 5.41) is 0. The Bertz CT molecular complexity index is 448. The van der Waals surface area contributed by atoms with Crippen LogP contribution in [0.15, 0.2) is 28.4 Å². The molecule has 4 heteroatoms. The highest BCUT2D eigenvalue weighted by Crippen LogP contribution is 2.30. The van der Waals surface area contributed by atoms with Crippen LogP contribution in [0.5, 0.6) is 0 Å². The number of benzene rings is 1. The van der Waals surface area contributed by atoms with Gasteiger partial charge in [0, 0.05) is 4.47 Å². The van der Waals surface area contributed by atoms with E-state index in [1.165, 1.54) is 11.1 Å². The lowest BCUT2D eigenvalue weighted by Gasteiger charge is -2.24. The van der Waals surface area contributed by atoms with Crippen molar-refractivity contribution in [2.75, 3.05) is 6.61 Å². The molecule has 2 rings (SSSR count). The van der Waals surface area contributed by atoms with Crippen LogP contribution < -0.4 is 11.3 Å². The van der Waals surface area contributed by atoms with E-state index in [4.69, 9.17) is 10.6 Å². The van der Waals surface area contributed by atoms with E-state index >= 15 is 0 Å². The van der Waals surface area contributed by atoms with Crippen molar-refractivity contribution in [2.45, 2.75) is 32.7 Å². The van der Waals surface area contributed by atoms with Crippen molar-refractivity contribution >= 4 is 15.9 Å². The molecule has 1 heterocycles. The second-order valence-corrected chi connectivity index (χ2v) is 5.46. The van der Waals surface area contributed by atoms with E-state index in [0.717, 1.165) is 35.2 Å². The minimum atomic E-state index is -0.0594. The molecule has 0 amide bonds. The van der Waals surface area contributed by atoms with E-state index in [-0.39, 0.29) is 6.04 Å². The van der Waals surface area contributed by atoms with Crippen LogP contribution in [-0.2, 0) is 4.74 Å². The first-order valence-electron chi connectivity index (χ1n) is 6.19. The zero-order chi connectivity index (χ0) is 13.1. The fourth-order valence-corrected chi connectivity index (χ4v) is 2.50. The average molecular weight is 311 g/mol. The number of rotatable bonds is 3. The lowest BCUT2D eigenvalue weighted by molar-refractivity contribution is 0.168. The first-order chi connectivity index (χ1) is 8.63. The summed E-state index contributed by atoms with van der Waals surface area (Å²) in [4.78, 5) is 0. The van der Waals surface area contributed by atoms with E-state index in [0.29, 0.717) is 0 Å². The number of nitrogens with two attached hydrogens (primary N) is 1. The topological polar surface area (TPSA) is 47.3 Å². The molecule has 1 atom stereocenters. The van der Waals surface area contributed by atoms with Gasteiger partial charge in [0.1, 0.15) is 11.8 Å². The molecule has 1 aliphatic rings. The zero-order valence-electron chi connectivity index (χ0n) is 10.8. The molecule has 3 N–H and O–H groups in total. The molecule has 0 radical (unpaired) electrons. The summed E-state index contributed by atoms with van der Waals surface area (Å²) in [5.74, 6) is 6.63. The molecule has 18 heavy (non-hydrogen) atoms. The van der Waals surface area contributed by atoms with E-state index in [1.807, 2.05) is 0 Å². The molecule has 0 fully saturated rings. The van der Waals surface area contributed by atoms with Crippen LogP contribution >= 0.6 is 15.9 Å². The Morgan fingerprint density at radius 2 is 2.00 bits per heavy atom. The third-order valence-corrected chi connectivity index (χ3v) is 4.46. The number of hydrazine groups is 1. The minimum Gasteiger partial charge on any atom is -0.496 e. The molecule has 1 aliphatic heterocycles. The van der Waals surface area contributed by atoms with Crippen LogP contribution in [-0.4, -0.2) is 6.61 Å². The molecule has 1 aromatic carbocycles. The molecule has 0 saturated carbocycles. The van der Waals surface area contributed by atoms with Crippen molar-refractivity contribution < 1.29 is 4.74 Å². The summed E-state index contributed by atoms with van der Waals surface area (Å²) in [7, 11) is 0. The van der Waals surface area contributed by atoms with Gasteiger partial charge >= 0.3 is 0 Å². The SMILES string of the molecule is Cc1cc(C(NN)C2=CCCCO2)cc(C)c1Br. The molecule has 0 saturated heterocycles. The predicted molar refractivity (Wildman–Crippen MR) is 76.9 cm³/mol. The Hall–Kier alpha value is -0.840. The summed E-state index contributed by atoms with van der Waals surface area (Å²) in [5.41, 5.74) is 6.42. The second kappa shape index (κ2) is 5.87. The Kier molecular flexibility index (Phi) is 4.43. The van der Waals surface area contributed by atoms with Crippen LogP contribution in [0.3, 0.4) is 0 Å². The van der Waals surface area contributed by atoms with Gasteiger partial charge in [-0.15, -0.1) is 0 Å². The van der Waals surface area contributed by atoms with Gasteiger partial charge < -0.3 is 4.74 Å². The van der Waals surface area contributed by atoms with E-state index in [2.05, 4.69) is 53.4 Å². The lowest BCUT2D eigenvalue weighted by Crippen LogP contribution is -2.31. The maximum atomic E-state index is 5.70. The molecule has 0 spiro atoms. The number of aryl methyl sites for hydroxylation is 2. The molecular formula is C14H19BrN2O. The number of ether oxygens (including phenoxy) is 1. The zero-order valence-corrected chi connectivity index (χ0v) is 12.4. The smallest absolute Gasteiger partial charge is 0.115 e. The van der Waals surface area contributed by atoms with Crippen LogP contribution in [0.2, 0.25) is 0 Å². The van der Waals surface area contributed by atoms with Crippen molar-refractivity contribution in [2.24, 2.45) is 5.84 Å². The van der Waals surface area contributed by atoms with Crippen molar-refractivity contribution in [3.63, 3.8) is 0 Å². The molecule has 1 aromatic rings. The van der Waals surface area contributed by atoms with Gasteiger partial charge in [-0.3, -0.25) is 5.84 Å². The third kappa shape index (κ3) is 2.76. The van der Waals surface area contributed by atoms with E-state index < -0.39 is 0 Å². The quantitative estimate of drug-likeness (QED) is 0.665. The number of hydrogen-bond donors (Lipinski definition) is 2.